The molecule has 0 amide bonds. The third kappa shape index (κ3) is 1.86. The molecule has 9 heavy (non-hydrogen) atoms. The molecule has 0 aliphatic rings. The van der Waals surface area contributed by atoms with E-state index in [0.29, 0.717) is 0 Å². The molecule has 0 fully saturated rings. The Morgan fingerprint density at radius 3 is 1.78 bits per heavy atom. The van der Waals surface area contributed by atoms with Crippen LogP contribution in [0.15, 0.2) is 0 Å². The maximum absolute atomic E-state index is 10.2. The molecule has 0 aromatic rings. The third-order valence-corrected chi connectivity index (χ3v) is 1.48. The average molecular weight is 131 g/mol. The number of hydrogen-bond donors (Lipinski definition) is 1. The van der Waals surface area contributed by atoms with E-state index >= 15 is 0 Å². The van der Waals surface area contributed by atoms with Crippen LogP contribution >= 0.6 is 0 Å². The van der Waals surface area contributed by atoms with Crippen molar-refractivity contribution < 1.29 is 15.3 Å². The van der Waals surface area contributed by atoms with Crippen LogP contribution in [-0.2, 0) is 10.2 Å². The van der Waals surface area contributed by atoms with Crippen LogP contribution in [0, 0.1) is 12.3 Å². The number of rotatable bonds is 4. The molecule has 3 nitrogen and oxygen atoms in total. The van der Waals surface area contributed by atoms with Gasteiger partial charge in [0.05, 0.1) is 38.6 Å². The molecule has 0 aromatic carbocycles. The number of aliphatic hydroxyl groups is 1. The van der Waals surface area contributed by atoms with E-state index in [9.17, 15) is 10.2 Å². The first kappa shape index (κ1) is 8.75. The van der Waals surface area contributed by atoms with E-state index in [-0.39, 0.29) is 13.0 Å². The van der Waals surface area contributed by atoms with E-state index in [1.54, 1.807) is 0 Å². The summed E-state index contributed by atoms with van der Waals surface area (Å²) in [4.78, 5) is 0. The van der Waals surface area contributed by atoms with Crippen molar-refractivity contribution in [2.45, 2.75) is 6.42 Å². The molecule has 0 aliphatic carbocycles. The van der Waals surface area contributed by atoms with Gasteiger partial charge >= 0.3 is 0 Å². The maximum Gasteiger partial charge on any atom is 0.0976 e. The van der Waals surface area contributed by atoms with Crippen molar-refractivity contribution in [1.29, 1.82) is 0 Å². The predicted octanol–water partition coefficient (Wildman–Crippen LogP) is 0.0503. The lowest BCUT2D eigenvalue weighted by Gasteiger charge is -2.18. The first-order valence-electron chi connectivity index (χ1n) is 2.81. The fourth-order valence-corrected chi connectivity index (χ4v) is 0.356. The van der Waals surface area contributed by atoms with Gasteiger partial charge in [0.15, 0.2) is 0 Å². The Kier molecular flexibility index (Phi) is 3.61. The molecule has 2 radical (unpaired) electrons. The van der Waals surface area contributed by atoms with Crippen LogP contribution in [0.1, 0.15) is 6.42 Å². The van der Waals surface area contributed by atoms with Crippen molar-refractivity contribution in [3.05, 3.63) is 6.92 Å². The minimum absolute atomic E-state index is 0.219. The van der Waals surface area contributed by atoms with Crippen LogP contribution in [-0.4, -0.2) is 24.9 Å². The van der Waals surface area contributed by atoms with Crippen molar-refractivity contribution in [3.63, 3.8) is 0 Å². The smallest absolute Gasteiger partial charge is 0.0976 e. The van der Waals surface area contributed by atoms with Crippen molar-refractivity contribution >= 4 is 0 Å². The van der Waals surface area contributed by atoms with Gasteiger partial charge in [-0.2, -0.15) is 0 Å². The molecule has 52 valence electrons. The summed E-state index contributed by atoms with van der Waals surface area (Å²) >= 11 is 0. The fourth-order valence-electron chi connectivity index (χ4n) is 0.356. The first-order valence-corrected chi connectivity index (χ1v) is 2.81. The zero-order valence-corrected chi connectivity index (χ0v) is 5.30. The minimum atomic E-state index is -1.00. The lowest BCUT2D eigenvalue weighted by molar-refractivity contribution is -0.0383. The number of aliphatic hydroxyl groups excluding tert-OH is 1. The summed E-state index contributed by atoms with van der Waals surface area (Å²) in [5.74, 6) is 0. The lowest BCUT2D eigenvalue weighted by Crippen LogP contribution is -2.31. The van der Waals surface area contributed by atoms with Gasteiger partial charge in [-0.1, -0.05) is 0 Å². The highest BCUT2D eigenvalue weighted by Gasteiger charge is 2.30. The van der Waals surface area contributed by atoms with Crippen molar-refractivity contribution in [2.75, 3.05) is 19.8 Å². The second-order valence-electron chi connectivity index (χ2n) is 2.20. The zero-order valence-electron chi connectivity index (χ0n) is 5.30. The zero-order chi connectivity index (χ0) is 7.33. The van der Waals surface area contributed by atoms with Crippen LogP contribution in [0.25, 0.3) is 0 Å². The Labute approximate surface area is 54.9 Å². The van der Waals surface area contributed by atoms with Crippen LogP contribution in [0.3, 0.4) is 0 Å². The average Bonchev–Trinajstić information content (AvgIpc) is 1.95. The second kappa shape index (κ2) is 3.71. The standard InChI is InChI=1S/C6H11O3/c1-2-6(3-7,4-8)5-9/h7H,1-5H2/q+1. The van der Waals surface area contributed by atoms with Crippen LogP contribution in [0.2, 0.25) is 0 Å². The fraction of sp³-hybridized carbons (Fsp3) is 0.833. The van der Waals surface area contributed by atoms with Gasteiger partial charge in [-0.3, -0.25) is 0 Å². The summed E-state index contributed by atoms with van der Waals surface area (Å²) in [6.45, 7) is 2.00. The Balaban J connectivity index is 3.82. The predicted molar refractivity (Wildman–Crippen MR) is 30.6 cm³/mol. The van der Waals surface area contributed by atoms with Crippen LogP contribution < -0.4 is 0 Å². The van der Waals surface area contributed by atoms with Gasteiger partial charge in [-0.25, -0.2) is 10.2 Å². The molecule has 0 saturated carbocycles. The quantitative estimate of drug-likeness (QED) is 0.538. The van der Waals surface area contributed by atoms with Gasteiger partial charge in [-0.15, -0.1) is 0 Å². The monoisotopic (exact) mass is 131 g/mol. The van der Waals surface area contributed by atoms with Crippen LogP contribution in [0.5, 0.6) is 0 Å². The van der Waals surface area contributed by atoms with E-state index in [1.165, 1.54) is 0 Å². The maximum atomic E-state index is 10.2. The third-order valence-electron chi connectivity index (χ3n) is 1.48. The van der Waals surface area contributed by atoms with E-state index in [1.807, 2.05) is 0 Å². The Morgan fingerprint density at radius 1 is 1.33 bits per heavy atom. The normalized spacial score (nSPS) is 11.9. The Hall–Kier alpha value is -0.250. The molecule has 0 unspecified atom stereocenters. The highest BCUT2D eigenvalue weighted by atomic mass is 16.3. The molecule has 3 heteroatoms. The molecule has 0 bridgehead atoms. The minimum Gasteiger partial charge on any atom is -0.395 e. The summed E-state index contributed by atoms with van der Waals surface area (Å²) in [5.41, 5.74) is -1.00. The van der Waals surface area contributed by atoms with E-state index in [2.05, 4.69) is 6.92 Å². The SMILES string of the molecule is [CH2+]CC(C[O])(C[O])CO. The van der Waals surface area contributed by atoms with Crippen molar-refractivity contribution in [2.24, 2.45) is 5.41 Å². The van der Waals surface area contributed by atoms with Crippen molar-refractivity contribution in [1.82, 2.24) is 0 Å². The summed E-state index contributed by atoms with van der Waals surface area (Å²) in [7, 11) is 0. The second-order valence-corrected chi connectivity index (χ2v) is 2.20. The largest absolute Gasteiger partial charge is 0.395 e. The Bertz CT molecular complexity index is 51.2. The van der Waals surface area contributed by atoms with E-state index in [4.69, 9.17) is 5.11 Å². The lowest BCUT2D eigenvalue weighted by atomic mass is 9.88. The van der Waals surface area contributed by atoms with Crippen LogP contribution in [0.4, 0.5) is 0 Å². The number of hydrogen-bond acceptors (Lipinski definition) is 1. The van der Waals surface area contributed by atoms with Crippen molar-refractivity contribution in [3.8, 4) is 0 Å². The highest BCUT2D eigenvalue weighted by Crippen LogP contribution is 2.18. The van der Waals surface area contributed by atoms with Gasteiger partial charge in [0.2, 0.25) is 0 Å². The molecule has 0 spiro atoms. The first-order chi connectivity index (χ1) is 4.24. The molecular formula is C6H11O3+. The van der Waals surface area contributed by atoms with E-state index in [0.717, 1.165) is 0 Å². The molecule has 0 aromatic heterocycles. The highest BCUT2D eigenvalue weighted by molar-refractivity contribution is 4.77. The molecule has 1 N–H and O–H groups in total. The molecule has 0 rings (SSSR count). The molecular weight excluding hydrogens is 120 g/mol. The summed E-state index contributed by atoms with van der Waals surface area (Å²) in [6, 6.07) is 0. The van der Waals surface area contributed by atoms with Gasteiger partial charge in [0.1, 0.15) is 0 Å². The summed E-state index contributed by atoms with van der Waals surface area (Å²) < 4.78 is 0. The van der Waals surface area contributed by atoms with Gasteiger partial charge in [0, 0.05) is 0 Å². The molecule has 0 saturated heterocycles. The van der Waals surface area contributed by atoms with E-state index < -0.39 is 18.6 Å². The summed E-state index contributed by atoms with van der Waals surface area (Å²) in [5, 5.41) is 29.0. The molecule has 0 atom stereocenters. The van der Waals surface area contributed by atoms with Gasteiger partial charge in [0.25, 0.3) is 0 Å². The van der Waals surface area contributed by atoms with Gasteiger partial charge in [-0.05, 0) is 0 Å². The molecule has 0 aliphatic heterocycles. The molecule has 0 heterocycles. The Morgan fingerprint density at radius 2 is 1.78 bits per heavy atom. The van der Waals surface area contributed by atoms with Gasteiger partial charge < -0.3 is 5.11 Å². The topological polar surface area (TPSA) is 60.0 Å². The summed E-state index contributed by atoms with van der Waals surface area (Å²) in [6.07, 6.45) is 0.219.